The topological polar surface area (TPSA) is 68.0 Å². The van der Waals surface area contributed by atoms with Gasteiger partial charge in [0.2, 0.25) is 5.89 Å². The van der Waals surface area contributed by atoms with Gasteiger partial charge in [-0.15, -0.1) is 16.9 Å². The molecule has 0 bridgehead atoms. The molecule has 0 atom stereocenters. The summed E-state index contributed by atoms with van der Waals surface area (Å²) in [6, 6.07) is 12.3. The molecule has 0 aliphatic rings. The molecule has 1 amide bonds. The van der Waals surface area contributed by atoms with E-state index in [0.29, 0.717) is 10.9 Å². The summed E-state index contributed by atoms with van der Waals surface area (Å²) in [5.74, 6) is -0.134. The van der Waals surface area contributed by atoms with Crippen LogP contribution in [-0.4, -0.2) is 22.4 Å². The van der Waals surface area contributed by atoms with Gasteiger partial charge in [0.25, 0.3) is 5.91 Å². The van der Waals surface area contributed by atoms with Gasteiger partial charge in [-0.3, -0.25) is 10.1 Å². The number of amides is 1. The van der Waals surface area contributed by atoms with Crippen LogP contribution >= 0.6 is 35.0 Å². The number of halogens is 2. The van der Waals surface area contributed by atoms with E-state index in [-0.39, 0.29) is 16.6 Å². The molecule has 1 N–H and O–H groups in total. The summed E-state index contributed by atoms with van der Waals surface area (Å²) in [7, 11) is 0. The molecule has 0 unspecified atom stereocenters. The van der Waals surface area contributed by atoms with Gasteiger partial charge >= 0.3 is 6.01 Å². The van der Waals surface area contributed by atoms with Crippen molar-refractivity contribution in [1.82, 2.24) is 10.2 Å². The van der Waals surface area contributed by atoms with Gasteiger partial charge in [-0.05, 0) is 48.7 Å². The van der Waals surface area contributed by atoms with Crippen molar-refractivity contribution in [3.05, 3.63) is 58.1 Å². The molecule has 1 heterocycles. The van der Waals surface area contributed by atoms with Crippen molar-refractivity contribution in [3.8, 4) is 11.5 Å². The summed E-state index contributed by atoms with van der Waals surface area (Å²) in [6.45, 7) is 0. The Balaban J connectivity index is 1.76. The number of carbonyl (C=O) groups excluding carboxylic acids is 1. The van der Waals surface area contributed by atoms with E-state index in [1.165, 1.54) is 12.1 Å². The highest BCUT2D eigenvalue weighted by Gasteiger charge is 2.15. The highest BCUT2D eigenvalue weighted by molar-refractivity contribution is 7.98. The lowest BCUT2D eigenvalue weighted by Crippen LogP contribution is -2.12. The Kier molecular flexibility index (Phi) is 5.08. The molecule has 0 fully saturated rings. The smallest absolute Gasteiger partial charge is 0.322 e. The minimum absolute atomic E-state index is 0.00467. The lowest BCUT2D eigenvalue weighted by atomic mass is 10.2. The molecule has 5 nitrogen and oxygen atoms in total. The maximum absolute atomic E-state index is 12.2. The third-order valence-electron chi connectivity index (χ3n) is 3.16. The third kappa shape index (κ3) is 3.72. The summed E-state index contributed by atoms with van der Waals surface area (Å²) in [5, 5.41) is 11.0. The van der Waals surface area contributed by atoms with E-state index in [0.717, 1.165) is 10.5 Å². The van der Waals surface area contributed by atoms with E-state index in [4.69, 9.17) is 27.6 Å². The Labute approximate surface area is 152 Å². The molecule has 3 rings (SSSR count). The van der Waals surface area contributed by atoms with Crippen molar-refractivity contribution in [2.24, 2.45) is 0 Å². The predicted molar refractivity (Wildman–Crippen MR) is 95.9 cm³/mol. The number of rotatable bonds is 4. The van der Waals surface area contributed by atoms with E-state index in [9.17, 15) is 4.79 Å². The number of hydrogen-bond donors (Lipinski definition) is 1. The normalized spacial score (nSPS) is 10.6. The van der Waals surface area contributed by atoms with Gasteiger partial charge in [-0.25, -0.2) is 0 Å². The monoisotopic (exact) mass is 379 g/mol. The lowest BCUT2D eigenvalue weighted by molar-refractivity contribution is 0.102. The first-order valence-corrected chi connectivity index (χ1v) is 8.79. The van der Waals surface area contributed by atoms with Crippen LogP contribution in [0.4, 0.5) is 6.01 Å². The first kappa shape index (κ1) is 16.8. The molecule has 0 saturated heterocycles. The molecule has 0 aliphatic heterocycles. The zero-order valence-corrected chi connectivity index (χ0v) is 14.7. The zero-order valence-electron chi connectivity index (χ0n) is 12.4. The molecule has 0 aliphatic carbocycles. The molecule has 122 valence electrons. The van der Waals surface area contributed by atoms with E-state index in [1.807, 2.05) is 30.5 Å². The average Bonchev–Trinajstić information content (AvgIpc) is 3.03. The van der Waals surface area contributed by atoms with Crippen LogP contribution in [-0.2, 0) is 0 Å². The highest BCUT2D eigenvalue weighted by atomic mass is 35.5. The van der Waals surface area contributed by atoms with Crippen LogP contribution in [0, 0.1) is 0 Å². The van der Waals surface area contributed by atoms with Crippen molar-refractivity contribution in [3.63, 3.8) is 0 Å². The Hall–Kier alpha value is -2.02. The Bertz CT molecular complexity index is 881. The fourth-order valence-electron chi connectivity index (χ4n) is 1.96. The summed E-state index contributed by atoms with van der Waals surface area (Å²) < 4.78 is 5.47. The molecule has 0 radical (unpaired) electrons. The zero-order chi connectivity index (χ0) is 17.1. The second-order valence-electron chi connectivity index (χ2n) is 4.72. The standard InChI is InChI=1S/C16H11Cl2N3O2S/c1-24-11-5-2-9(3-6-11)15-20-21-16(23-15)19-14(22)12-7-4-10(17)8-13(12)18/h2-8H,1H3,(H,19,21,22). The summed E-state index contributed by atoms with van der Waals surface area (Å²) in [4.78, 5) is 13.3. The van der Waals surface area contributed by atoms with Gasteiger partial charge in [0.05, 0.1) is 10.6 Å². The number of nitrogens with one attached hydrogen (secondary N) is 1. The summed E-state index contributed by atoms with van der Waals surface area (Å²) >= 11 is 13.5. The lowest BCUT2D eigenvalue weighted by Gasteiger charge is -2.03. The quantitative estimate of drug-likeness (QED) is 0.644. The minimum Gasteiger partial charge on any atom is -0.403 e. The van der Waals surface area contributed by atoms with Gasteiger partial charge in [0, 0.05) is 15.5 Å². The van der Waals surface area contributed by atoms with Gasteiger partial charge in [-0.1, -0.05) is 28.3 Å². The summed E-state index contributed by atoms with van der Waals surface area (Å²) in [6.07, 6.45) is 2.00. The minimum atomic E-state index is -0.454. The fourth-order valence-corrected chi connectivity index (χ4v) is 2.86. The van der Waals surface area contributed by atoms with Crippen molar-refractivity contribution < 1.29 is 9.21 Å². The van der Waals surface area contributed by atoms with Crippen molar-refractivity contribution >= 4 is 46.9 Å². The third-order valence-corrected chi connectivity index (χ3v) is 4.45. The molecular weight excluding hydrogens is 369 g/mol. The van der Waals surface area contributed by atoms with E-state index in [1.54, 1.807) is 17.8 Å². The average molecular weight is 380 g/mol. The van der Waals surface area contributed by atoms with Gasteiger partial charge < -0.3 is 4.42 Å². The predicted octanol–water partition coefficient (Wildman–Crippen LogP) is 5.02. The number of anilines is 1. The van der Waals surface area contributed by atoms with Crippen LogP contribution in [0.3, 0.4) is 0 Å². The molecule has 1 aromatic heterocycles. The first-order chi connectivity index (χ1) is 11.6. The first-order valence-electron chi connectivity index (χ1n) is 6.81. The molecular formula is C16H11Cl2N3O2S. The van der Waals surface area contributed by atoms with Crippen LogP contribution in [0.15, 0.2) is 51.8 Å². The maximum Gasteiger partial charge on any atom is 0.322 e. The number of thioether (sulfide) groups is 1. The molecule has 2 aromatic carbocycles. The number of hydrogen-bond acceptors (Lipinski definition) is 5. The van der Waals surface area contributed by atoms with E-state index >= 15 is 0 Å². The fraction of sp³-hybridized carbons (Fsp3) is 0.0625. The highest BCUT2D eigenvalue weighted by Crippen LogP contribution is 2.25. The molecule has 0 saturated carbocycles. The SMILES string of the molecule is CSc1ccc(-c2nnc(NC(=O)c3ccc(Cl)cc3Cl)o2)cc1. The molecule has 8 heteroatoms. The Morgan fingerprint density at radius 3 is 2.54 bits per heavy atom. The maximum atomic E-state index is 12.2. The number of carbonyl (C=O) groups is 1. The number of benzene rings is 2. The Morgan fingerprint density at radius 1 is 1.12 bits per heavy atom. The second-order valence-corrected chi connectivity index (χ2v) is 6.44. The second kappa shape index (κ2) is 7.25. The van der Waals surface area contributed by atoms with Crippen LogP contribution in [0.1, 0.15) is 10.4 Å². The van der Waals surface area contributed by atoms with Gasteiger partial charge in [0.15, 0.2) is 0 Å². The van der Waals surface area contributed by atoms with E-state index in [2.05, 4.69) is 15.5 Å². The van der Waals surface area contributed by atoms with Crippen molar-refractivity contribution in [2.45, 2.75) is 4.90 Å². The van der Waals surface area contributed by atoms with Crippen LogP contribution in [0.2, 0.25) is 10.0 Å². The number of aromatic nitrogens is 2. The van der Waals surface area contributed by atoms with Crippen LogP contribution in [0.25, 0.3) is 11.5 Å². The van der Waals surface area contributed by atoms with Gasteiger partial charge in [-0.2, -0.15) is 0 Å². The number of nitrogens with zero attached hydrogens (tertiary/aromatic N) is 2. The van der Waals surface area contributed by atoms with Crippen molar-refractivity contribution in [2.75, 3.05) is 11.6 Å². The molecule has 0 spiro atoms. The molecule has 24 heavy (non-hydrogen) atoms. The van der Waals surface area contributed by atoms with Crippen LogP contribution < -0.4 is 5.32 Å². The van der Waals surface area contributed by atoms with Crippen LogP contribution in [0.5, 0.6) is 0 Å². The van der Waals surface area contributed by atoms with E-state index < -0.39 is 5.91 Å². The molecule has 3 aromatic rings. The van der Waals surface area contributed by atoms with Crippen molar-refractivity contribution in [1.29, 1.82) is 0 Å². The van der Waals surface area contributed by atoms with Gasteiger partial charge in [0.1, 0.15) is 0 Å². The Morgan fingerprint density at radius 2 is 1.88 bits per heavy atom. The largest absolute Gasteiger partial charge is 0.403 e. The summed E-state index contributed by atoms with van der Waals surface area (Å²) in [5.41, 5.74) is 1.04.